The standard InChI is InChI=1S/C19H20ClN5O2/c1-27-18-10-15(2-3-16(18)20)23-6-8-24(9-7-23)19(13-26)25-12-14-4-5-21-11-17(14)22-25/h2-5,10-13,19H,6-9H2,1H3. The molecular weight excluding hydrogens is 366 g/mol. The van der Waals surface area contributed by atoms with Gasteiger partial charge in [-0.1, -0.05) is 11.6 Å². The van der Waals surface area contributed by atoms with E-state index in [1.54, 1.807) is 24.2 Å². The summed E-state index contributed by atoms with van der Waals surface area (Å²) in [6.07, 6.45) is 5.86. The van der Waals surface area contributed by atoms with Crippen molar-refractivity contribution < 1.29 is 9.53 Å². The molecule has 4 rings (SSSR count). The molecule has 1 saturated heterocycles. The van der Waals surface area contributed by atoms with Crippen LogP contribution in [0.1, 0.15) is 6.17 Å². The van der Waals surface area contributed by atoms with Crippen molar-refractivity contribution in [3.63, 3.8) is 0 Å². The Morgan fingerprint density at radius 3 is 2.74 bits per heavy atom. The largest absolute Gasteiger partial charge is 0.495 e. The minimum atomic E-state index is -0.417. The van der Waals surface area contributed by atoms with Crippen LogP contribution in [0.15, 0.2) is 42.9 Å². The third kappa shape index (κ3) is 3.48. The van der Waals surface area contributed by atoms with Crippen LogP contribution in [0.5, 0.6) is 5.75 Å². The number of hydrogen-bond donors (Lipinski definition) is 0. The van der Waals surface area contributed by atoms with Crippen LogP contribution in [0.4, 0.5) is 5.69 Å². The summed E-state index contributed by atoms with van der Waals surface area (Å²) in [5.74, 6) is 0.666. The van der Waals surface area contributed by atoms with Gasteiger partial charge in [0.2, 0.25) is 0 Å². The first-order chi connectivity index (χ1) is 13.2. The Bertz CT molecular complexity index is 919. The smallest absolute Gasteiger partial charge is 0.160 e. The maximum absolute atomic E-state index is 11.8. The van der Waals surface area contributed by atoms with E-state index in [1.807, 2.05) is 30.5 Å². The van der Waals surface area contributed by atoms with Gasteiger partial charge in [-0.3, -0.25) is 14.7 Å². The maximum atomic E-state index is 11.8. The molecule has 1 aliphatic rings. The fraction of sp³-hybridized carbons (Fsp3) is 0.316. The summed E-state index contributed by atoms with van der Waals surface area (Å²) in [4.78, 5) is 20.3. The number of aromatic nitrogens is 3. The van der Waals surface area contributed by atoms with Crippen molar-refractivity contribution in [1.29, 1.82) is 0 Å². The summed E-state index contributed by atoms with van der Waals surface area (Å²) in [6.45, 7) is 3.11. The van der Waals surface area contributed by atoms with Gasteiger partial charge >= 0.3 is 0 Å². The van der Waals surface area contributed by atoms with Gasteiger partial charge in [-0.15, -0.1) is 0 Å². The Morgan fingerprint density at radius 1 is 1.22 bits per heavy atom. The Kier molecular flexibility index (Phi) is 4.96. The molecule has 0 spiro atoms. The van der Waals surface area contributed by atoms with E-state index in [2.05, 4.69) is 19.9 Å². The van der Waals surface area contributed by atoms with Gasteiger partial charge in [-0.2, -0.15) is 5.10 Å². The molecule has 1 aromatic carbocycles. The summed E-state index contributed by atoms with van der Waals surface area (Å²) in [7, 11) is 1.61. The van der Waals surface area contributed by atoms with E-state index in [1.165, 1.54) is 0 Å². The van der Waals surface area contributed by atoms with E-state index in [9.17, 15) is 4.79 Å². The lowest BCUT2D eigenvalue weighted by Gasteiger charge is -2.38. The molecule has 0 saturated carbocycles. The van der Waals surface area contributed by atoms with Crippen LogP contribution in [0.3, 0.4) is 0 Å². The molecule has 0 amide bonds. The number of piperazine rings is 1. The van der Waals surface area contributed by atoms with E-state index < -0.39 is 6.17 Å². The zero-order valence-electron chi connectivity index (χ0n) is 15.0. The Hall–Kier alpha value is -2.64. The van der Waals surface area contributed by atoms with Crippen LogP contribution < -0.4 is 9.64 Å². The second kappa shape index (κ2) is 7.54. The lowest BCUT2D eigenvalue weighted by molar-refractivity contribution is -0.115. The lowest BCUT2D eigenvalue weighted by atomic mass is 10.2. The minimum Gasteiger partial charge on any atom is -0.495 e. The molecule has 1 fully saturated rings. The number of benzene rings is 1. The SMILES string of the molecule is COc1cc(N2CCN(C(C=O)n3cc4ccncc4n3)CC2)ccc1Cl. The first kappa shape index (κ1) is 17.8. The zero-order valence-corrected chi connectivity index (χ0v) is 15.7. The van der Waals surface area contributed by atoms with Gasteiger partial charge < -0.3 is 9.64 Å². The van der Waals surface area contributed by atoms with Crippen LogP contribution in [0.2, 0.25) is 5.02 Å². The van der Waals surface area contributed by atoms with E-state index in [4.69, 9.17) is 16.3 Å². The van der Waals surface area contributed by atoms with E-state index in [0.717, 1.165) is 49.1 Å². The molecule has 1 unspecified atom stereocenters. The molecule has 3 heterocycles. The Labute approximate surface area is 162 Å². The minimum absolute atomic E-state index is 0.417. The first-order valence-electron chi connectivity index (χ1n) is 8.76. The second-order valence-electron chi connectivity index (χ2n) is 6.44. The first-order valence-corrected chi connectivity index (χ1v) is 9.14. The van der Waals surface area contributed by atoms with Crippen molar-refractivity contribution in [2.75, 3.05) is 38.2 Å². The summed E-state index contributed by atoms with van der Waals surface area (Å²) in [6, 6.07) is 7.68. The number of methoxy groups -OCH3 is 1. The van der Waals surface area contributed by atoms with Crippen molar-refractivity contribution in [1.82, 2.24) is 19.7 Å². The van der Waals surface area contributed by atoms with Crippen molar-refractivity contribution >= 4 is 34.5 Å². The molecular formula is C19H20ClN5O2. The molecule has 1 atom stereocenters. The molecule has 0 aliphatic carbocycles. The second-order valence-corrected chi connectivity index (χ2v) is 6.84. The highest BCUT2D eigenvalue weighted by Gasteiger charge is 2.26. The fourth-order valence-corrected chi connectivity index (χ4v) is 3.62. The molecule has 2 aromatic heterocycles. The lowest BCUT2D eigenvalue weighted by Crippen LogP contribution is -2.49. The highest BCUT2D eigenvalue weighted by Crippen LogP contribution is 2.30. The van der Waals surface area contributed by atoms with Crippen molar-refractivity contribution in [3.05, 3.63) is 47.9 Å². The van der Waals surface area contributed by atoms with Crippen molar-refractivity contribution in [2.24, 2.45) is 0 Å². The van der Waals surface area contributed by atoms with Gasteiger partial charge in [0.25, 0.3) is 0 Å². The van der Waals surface area contributed by atoms with Gasteiger partial charge in [-0.05, 0) is 18.2 Å². The third-order valence-electron chi connectivity index (χ3n) is 4.91. The maximum Gasteiger partial charge on any atom is 0.160 e. The summed E-state index contributed by atoms with van der Waals surface area (Å²) >= 11 is 6.12. The number of carbonyl (C=O) groups is 1. The predicted octanol–water partition coefficient (Wildman–Crippen LogP) is 2.61. The van der Waals surface area contributed by atoms with Gasteiger partial charge in [0, 0.05) is 55.7 Å². The monoisotopic (exact) mass is 385 g/mol. The molecule has 27 heavy (non-hydrogen) atoms. The highest BCUT2D eigenvalue weighted by molar-refractivity contribution is 6.32. The van der Waals surface area contributed by atoms with Gasteiger partial charge in [0.15, 0.2) is 12.5 Å². The zero-order chi connectivity index (χ0) is 18.8. The number of aldehydes is 1. The van der Waals surface area contributed by atoms with Gasteiger partial charge in [-0.25, -0.2) is 4.68 Å². The molecule has 0 radical (unpaired) electrons. The number of ether oxygens (including phenoxy) is 1. The Morgan fingerprint density at radius 2 is 2.04 bits per heavy atom. The number of anilines is 1. The van der Waals surface area contributed by atoms with Crippen LogP contribution in [0, 0.1) is 0 Å². The molecule has 1 aliphatic heterocycles. The van der Waals surface area contributed by atoms with Crippen LogP contribution in [-0.4, -0.2) is 59.2 Å². The molecule has 8 heteroatoms. The van der Waals surface area contributed by atoms with E-state index in [0.29, 0.717) is 10.8 Å². The number of halogens is 1. The summed E-state index contributed by atoms with van der Waals surface area (Å²) < 4.78 is 7.03. The number of nitrogens with zero attached hydrogens (tertiary/aromatic N) is 5. The topological polar surface area (TPSA) is 63.5 Å². The number of pyridine rings is 1. The van der Waals surface area contributed by atoms with Crippen molar-refractivity contribution in [3.8, 4) is 5.75 Å². The average molecular weight is 386 g/mol. The van der Waals surface area contributed by atoms with E-state index >= 15 is 0 Å². The Balaban J connectivity index is 1.48. The third-order valence-corrected chi connectivity index (χ3v) is 5.22. The van der Waals surface area contributed by atoms with Crippen LogP contribution >= 0.6 is 11.6 Å². The number of rotatable bonds is 5. The molecule has 0 bridgehead atoms. The van der Waals surface area contributed by atoms with Crippen LogP contribution in [0.25, 0.3) is 10.9 Å². The van der Waals surface area contributed by atoms with Crippen molar-refractivity contribution in [2.45, 2.75) is 6.17 Å². The van der Waals surface area contributed by atoms with Crippen LogP contribution in [-0.2, 0) is 4.79 Å². The van der Waals surface area contributed by atoms with E-state index in [-0.39, 0.29) is 0 Å². The fourth-order valence-electron chi connectivity index (χ4n) is 3.43. The molecule has 140 valence electrons. The summed E-state index contributed by atoms with van der Waals surface area (Å²) in [5, 5.41) is 6.08. The summed E-state index contributed by atoms with van der Waals surface area (Å²) in [5.41, 5.74) is 1.85. The van der Waals surface area contributed by atoms with Gasteiger partial charge in [0.05, 0.1) is 18.3 Å². The number of hydrogen-bond acceptors (Lipinski definition) is 6. The highest BCUT2D eigenvalue weighted by atomic mass is 35.5. The number of fused-ring (bicyclic) bond motifs is 1. The quantitative estimate of drug-likeness (QED) is 0.629. The average Bonchev–Trinajstić information content (AvgIpc) is 3.13. The molecule has 3 aromatic rings. The van der Waals surface area contributed by atoms with Gasteiger partial charge in [0.1, 0.15) is 11.3 Å². The molecule has 0 N–H and O–H groups in total. The normalized spacial score (nSPS) is 16.4. The molecule has 7 nitrogen and oxygen atoms in total. The number of carbonyl (C=O) groups excluding carboxylic acids is 1. The predicted molar refractivity (Wildman–Crippen MR) is 104 cm³/mol.